The first-order valence-corrected chi connectivity index (χ1v) is 9.45. The fourth-order valence-electron chi connectivity index (χ4n) is 2.66. The molecular formula is C21H21NO2S. The van der Waals surface area contributed by atoms with Crippen molar-refractivity contribution in [3.05, 3.63) is 95.9 Å². The Labute approximate surface area is 152 Å². The topological polar surface area (TPSA) is 42.2 Å². The van der Waals surface area contributed by atoms with Crippen LogP contribution in [0.5, 0.6) is 0 Å². The van der Waals surface area contributed by atoms with E-state index in [0.29, 0.717) is 11.5 Å². The Morgan fingerprint density at radius 2 is 1.68 bits per heavy atom. The first kappa shape index (κ1) is 17.4. The summed E-state index contributed by atoms with van der Waals surface area (Å²) >= 11 is 1.56. The smallest absolute Gasteiger partial charge is 0.230 e. The molecule has 0 radical (unpaired) electrons. The van der Waals surface area contributed by atoms with Gasteiger partial charge in [-0.05, 0) is 29.7 Å². The second-order valence-corrected chi connectivity index (χ2v) is 6.78. The van der Waals surface area contributed by atoms with Crippen molar-refractivity contribution >= 4 is 17.7 Å². The van der Waals surface area contributed by atoms with E-state index in [-0.39, 0.29) is 11.9 Å². The van der Waals surface area contributed by atoms with Gasteiger partial charge in [-0.2, -0.15) is 0 Å². The van der Waals surface area contributed by atoms with Crippen molar-refractivity contribution in [1.29, 1.82) is 0 Å². The van der Waals surface area contributed by atoms with Crippen molar-refractivity contribution in [1.82, 2.24) is 5.32 Å². The van der Waals surface area contributed by atoms with Gasteiger partial charge in [0.25, 0.3) is 0 Å². The predicted molar refractivity (Wildman–Crippen MR) is 102 cm³/mol. The van der Waals surface area contributed by atoms with E-state index in [4.69, 9.17) is 4.42 Å². The normalized spacial score (nSPS) is 11.8. The van der Waals surface area contributed by atoms with Crippen molar-refractivity contribution in [2.24, 2.45) is 0 Å². The van der Waals surface area contributed by atoms with E-state index in [0.717, 1.165) is 17.7 Å². The number of nitrogens with one attached hydrogen (secondary N) is 1. The van der Waals surface area contributed by atoms with Crippen LogP contribution < -0.4 is 5.32 Å². The Morgan fingerprint density at radius 3 is 2.36 bits per heavy atom. The number of furan rings is 1. The van der Waals surface area contributed by atoms with Gasteiger partial charge in [0.2, 0.25) is 5.91 Å². The zero-order chi connectivity index (χ0) is 17.3. The molecule has 1 amide bonds. The molecule has 1 heterocycles. The number of carbonyl (C=O) groups excluding carboxylic acids is 1. The van der Waals surface area contributed by atoms with Crippen LogP contribution in [0.4, 0.5) is 0 Å². The van der Waals surface area contributed by atoms with E-state index in [9.17, 15) is 4.79 Å². The first-order valence-electron chi connectivity index (χ1n) is 8.29. The van der Waals surface area contributed by atoms with Gasteiger partial charge < -0.3 is 9.73 Å². The lowest BCUT2D eigenvalue weighted by molar-refractivity contribution is -0.119. The first-order chi connectivity index (χ1) is 12.3. The number of hydrogen-bond acceptors (Lipinski definition) is 3. The highest BCUT2D eigenvalue weighted by Crippen LogP contribution is 2.19. The zero-order valence-electron chi connectivity index (χ0n) is 13.9. The maximum Gasteiger partial charge on any atom is 0.230 e. The Bertz CT molecular complexity index is 757. The van der Waals surface area contributed by atoms with E-state index in [2.05, 4.69) is 29.6 Å². The number of thioether (sulfide) groups is 1. The molecule has 3 rings (SSSR count). The van der Waals surface area contributed by atoms with Gasteiger partial charge >= 0.3 is 0 Å². The Hall–Kier alpha value is -2.46. The van der Waals surface area contributed by atoms with E-state index >= 15 is 0 Å². The summed E-state index contributed by atoms with van der Waals surface area (Å²) in [5, 5.41) is 3.17. The average Bonchev–Trinajstić information content (AvgIpc) is 3.16. The van der Waals surface area contributed by atoms with Crippen molar-refractivity contribution in [3.63, 3.8) is 0 Å². The van der Waals surface area contributed by atoms with Crippen LogP contribution in [0.2, 0.25) is 0 Å². The summed E-state index contributed by atoms with van der Waals surface area (Å²) in [6.45, 7) is 0. The fraction of sp³-hybridized carbons (Fsp3) is 0.190. The second kappa shape index (κ2) is 9.14. The summed E-state index contributed by atoms with van der Waals surface area (Å²) in [7, 11) is 0. The molecular weight excluding hydrogens is 330 g/mol. The standard InChI is InChI=1S/C21H21NO2S/c23-21(16-25-15-19-12-7-13-24-19)22-20(18-10-5-2-6-11-18)14-17-8-3-1-4-9-17/h1-13,20H,14-16H2,(H,22,23). The molecule has 1 atom stereocenters. The lowest BCUT2D eigenvalue weighted by Crippen LogP contribution is -2.31. The molecule has 2 aromatic carbocycles. The summed E-state index contributed by atoms with van der Waals surface area (Å²) in [5.74, 6) is 2.05. The van der Waals surface area contributed by atoms with Crippen LogP contribution in [0.1, 0.15) is 22.9 Å². The number of amides is 1. The van der Waals surface area contributed by atoms with Gasteiger partial charge in [-0.3, -0.25) is 4.79 Å². The molecule has 1 aromatic heterocycles. The Kier molecular flexibility index (Phi) is 6.35. The molecule has 3 nitrogen and oxygen atoms in total. The molecule has 1 unspecified atom stereocenters. The highest BCUT2D eigenvalue weighted by molar-refractivity contribution is 7.99. The third-order valence-electron chi connectivity index (χ3n) is 3.88. The number of hydrogen-bond donors (Lipinski definition) is 1. The SMILES string of the molecule is O=C(CSCc1ccco1)NC(Cc1ccccc1)c1ccccc1. The molecule has 0 fully saturated rings. The average molecular weight is 351 g/mol. The van der Waals surface area contributed by atoms with Gasteiger partial charge in [0.1, 0.15) is 5.76 Å². The lowest BCUT2D eigenvalue weighted by Gasteiger charge is -2.19. The Balaban J connectivity index is 1.59. The minimum absolute atomic E-state index is 0.0275. The molecule has 0 saturated carbocycles. The Morgan fingerprint density at radius 1 is 0.960 bits per heavy atom. The van der Waals surface area contributed by atoms with Crippen LogP contribution in [-0.4, -0.2) is 11.7 Å². The molecule has 0 saturated heterocycles. The van der Waals surface area contributed by atoms with E-state index in [1.807, 2.05) is 48.5 Å². The van der Waals surface area contributed by atoms with Gasteiger partial charge in [0.05, 0.1) is 23.8 Å². The largest absolute Gasteiger partial charge is 0.468 e. The fourth-order valence-corrected chi connectivity index (χ4v) is 3.40. The summed E-state index contributed by atoms with van der Waals surface area (Å²) in [4.78, 5) is 12.4. The van der Waals surface area contributed by atoms with Crippen molar-refractivity contribution in [2.75, 3.05) is 5.75 Å². The van der Waals surface area contributed by atoms with Crippen LogP contribution in [0.3, 0.4) is 0 Å². The third-order valence-corrected chi connectivity index (χ3v) is 4.83. The van der Waals surface area contributed by atoms with Crippen LogP contribution >= 0.6 is 11.8 Å². The van der Waals surface area contributed by atoms with Crippen molar-refractivity contribution in [3.8, 4) is 0 Å². The maximum atomic E-state index is 12.4. The van der Waals surface area contributed by atoms with Crippen molar-refractivity contribution < 1.29 is 9.21 Å². The lowest BCUT2D eigenvalue weighted by atomic mass is 9.99. The quantitative estimate of drug-likeness (QED) is 0.644. The molecule has 1 N–H and O–H groups in total. The number of benzene rings is 2. The highest BCUT2D eigenvalue weighted by atomic mass is 32.2. The van der Waals surface area contributed by atoms with Gasteiger partial charge in [0, 0.05) is 0 Å². The molecule has 25 heavy (non-hydrogen) atoms. The van der Waals surface area contributed by atoms with Gasteiger partial charge in [-0.1, -0.05) is 60.7 Å². The monoisotopic (exact) mass is 351 g/mol. The summed E-state index contributed by atoms with van der Waals surface area (Å²) in [6, 6.07) is 24.1. The molecule has 0 bridgehead atoms. The van der Waals surface area contributed by atoms with Gasteiger partial charge in [-0.15, -0.1) is 11.8 Å². The van der Waals surface area contributed by atoms with Crippen LogP contribution in [-0.2, 0) is 17.0 Å². The van der Waals surface area contributed by atoms with E-state index < -0.39 is 0 Å². The van der Waals surface area contributed by atoms with Crippen LogP contribution in [0.15, 0.2) is 83.5 Å². The minimum Gasteiger partial charge on any atom is -0.468 e. The molecule has 0 spiro atoms. The molecule has 3 aromatic rings. The van der Waals surface area contributed by atoms with E-state index in [1.165, 1.54) is 5.56 Å². The van der Waals surface area contributed by atoms with Gasteiger partial charge in [0.15, 0.2) is 0 Å². The molecule has 128 valence electrons. The highest BCUT2D eigenvalue weighted by Gasteiger charge is 2.15. The van der Waals surface area contributed by atoms with Crippen LogP contribution in [0.25, 0.3) is 0 Å². The molecule has 4 heteroatoms. The number of carbonyl (C=O) groups is 1. The molecule has 0 aliphatic heterocycles. The summed E-state index contributed by atoms with van der Waals surface area (Å²) in [6.07, 6.45) is 2.43. The molecule has 0 aliphatic carbocycles. The summed E-state index contributed by atoms with van der Waals surface area (Å²) in [5.41, 5.74) is 2.33. The second-order valence-electron chi connectivity index (χ2n) is 5.79. The van der Waals surface area contributed by atoms with E-state index in [1.54, 1.807) is 18.0 Å². The minimum atomic E-state index is -0.0275. The molecule has 0 aliphatic rings. The van der Waals surface area contributed by atoms with Crippen molar-refractivity contribution in [2.45, 2.75) is 18.2 Å². The van der Waals surface area contributed by atoms with Gasteiger partial charge in [-0.25, -0.2) is 0 Å². The summed E-state index contributed by atoms with van der Waals surface area (Å²) < 4.78 is 5.29. The zero-order valence-corrected chi connectivity index (χ0v) is 14.7. The number of rotatable bonds is 8. The predicted octanol–water partition coefficient (Wildman–Crippen LogP) is 4.61. The third kappa shape index (κ3) is 5.54. The maximum absolute atomic E-state index is 12.4. The van der Waals surface area contributed by atoms with Crippen LogP contribution in [0, 0.1) is 0 Å².